The van der Waals surface area contributed by atoms with Crippen LogP contribution in [-0.4, -0.2) is 26.8 Å². The van der Waals surface area contributed by atoms with Crippen LogP contribution >= 0.6 is 0 Å². The van der Waals surface area contributed by atoms with Crippen molar-refractivity contribution in [1.29, 1.82) is 0 Å². The molecule has 1 saturated carbocycles. The highest BCUT2D eigenvalue weighted by Gasteiger charge is 2.21. The van der Waals surface area contributed by atoms with Gasteiger partial charge >= 0.3 is 0 Å². The highest BCUT2D eigenvalue weighted by atomic mass is 19.1. The third-order valence-electron chi connectivity index (χ3n) is 3.11. The molecule has 0 saturated heterocycles. The van der Waals surface area contributed by atoms with Crippen LogP contribution in [-0.2, 0) is 4.74 Å². The maximum atomic E-state index is 13.3. The zero-order valence-corrected chi connectivity index (χ0v) is 10.5. The average molecular weight is 256 g/mol. The molecule has 2 rings (SSSR count). The summed E-state index contributed by atoms with van der Waals surface area (Å²) in [6.45, 7) is 1.87. The van der Waals surface area contributed by atoms with Crippen molar-refractivity contribution in [2.24, 2.45) is 5.92 Å². The smallest absolute Gasteiger partial charge is 0.151 e. The normalized spacial score (nSPS) is 14.8. The second-order valence-corrected chi connectivity index (χ2v) is 4.76. The molecule has 18 heavy (non-hydrogen) atoms. The molecular formula is C13H18F2N2O. The van der Waals surface area contributed by atoms with Crippen LogP contribution in [0.25, 0.3) is 0 Å². The standard InChI is InChI=1S/C13H18F2N2O/c1-17(4-5-18-8-9-2-3-9)12-7-10(14)6-11(15)13(12)16/h6-7,9H,2-5,8,16H2,1H3. The van der Waals surface area contributed by atoms with E-state index < -0.39 is 11.6 Å². The number of hydrogen-bond donors (Lipinski definition) is 1. The van der Waals surface area contributed by atoms with Gasteiger partial charge in [0.1, 0.15) is 5.82 Å². The van der Waals surface area contributed by atoms with Crippen molar-refractivity contribution in [3.8, 4) is 0 Å². The van der Waals surface area contributed by atoms with Crippen LogP contribution in [0.15, 0.2) is 12.1 Å². The first-order valence-corrected chi connectivity index (χ1v) is 6.11. The minimum Gasteiger partial charge on any atom is -0.395 e. The molecule has 0 radical (unpaired) electrons. The molecule has 1 aromatic carbocycles. The van der Waals surface area contributed by atoms with E-state index in [1.807, 2.05) is 0 Å². The van der Waals surface area contributed by atoms with Gasteiger partial charge in [-0.25, -0.2) is 8.78 Å². The molecule has 100 valence electrons. The van der Waals surface area contributed by atoms with E-state index in [9.17, 15) is 8.78 Å². The van der Waals surface area contributed by atoms with Crippen molar-refractivity contribution >= 4 is 11.4 Å². The SMILES string of the molecule is CN(CCOCC1CC1)c1cc(F)cc(F)c1N. The second kappa shape index (κ2) is 5.52. The van der Waals surface area contributed by atoms with E-state index in [4.69, 9.17) is 10.5 Å². The van der Waals surface area contributed by atoms with E-state index in [2.05, 4.69) is 0 Å². The van der Waals surface area contributed by atoms with E-state index in [1.165, 1.54) is 18.9 Å². The van der Waals surface area contributed by atoms with E-state index in [1.54, 1.807) is 11.9 Å². The monoisotopic (exact) mass is 256 g/mol. The summed E-state index contributed by atoms with van der Waals surface area (Å²) in [6, 6.07) is 2.02. The molecule has 0 bridgehead atoms. The topological polar surface area (TPSA) is 38.5 Å². The molecule has 0 amide bonds. The molecule has 1 aromatic rings. The van der Waals surface area contributed by atoms with Crippen LogP contribution in [0, 0.1) is 17.6 Å². The Balaban J connectivity index is 1.88. The Kier molecular flexibility index (Phi) is 4.01. The number of likely N-dealkylation sites (N-methyl/N-ethyl adjacent to an activating group) is 1. The number of ether oxygens (including phenoxy) is 1. The van der Waals surface area contributed by atoms with Gasteiger partial charge in [0, 0.05) is 26.3 Å². The number of halogens is 2. The first kappa shape index (κ1) is 13.1. The average Bonchev–Trinajstić information content (AvgIpc) is 3.13. The van der Waals surface area contributed by atoms with Crippen molar-refractivity contribution in [3.63, 3.8) is 0 Å². The Morgan fingerprint density at radius 2 is 2.11 bits per heavy atom. The van der Waals surface area contributed by atoms with Gasteiger partial charge < -0.3 is 15.4 Å². The van der Waals surface area contributed by atoms with Crippen molar-refractivity contribution in [2.75, 3.05) is 37.4 Å². The number of nitrogens with two attached hydrogens (primary N) is 1. The molecule has 3 nitrogen and oxygen atoms in total. The minimum absolute atomic E-state index is 0.0268. The summed E-state index contributed by atoms with van der Waals surface area (Å²) in [6.07, 6.45) is 2.50. The number of hydrogen-bond acceptors (Lipinski definition) is 3. The third-order valence-corrected chi connectivity index (χ3v) is 3.11. The molecule has 0 aliphatic heterocycles. The summed E-state index contributed by atoms with van der Waals surface area (Å²) in [5.41, 5.74) is 5.93. The highest BCUT2D eigenvalue weighted by molar-refractivity contribution is 5.67. The molecule has 0 aromatic heterocycles. The number of benzene rings is 1. The number of nitrogens with zero attached hydrogens (tertiary/aromatic N) is 1. The van der Waals surface area contributed by atoms with Crippen molar-refractivity contribution < 1.29 is 13.5 Å². The predicted molar refractivity (Wildman–Crippen MR) is 67.6 cm³/mol. The largest absolute Gasteiger partial charge is 0.395 e. The fourth-order valence-electron chi connectivity index (χ4n) is 1.74. The van der Waals surface area contributed by atoms with Crippen LogP contribution in [0.5, 0.6) is 0 Å². The van der Waals surface area contributed by atoms with Gasteiger partial charge in [0.05, 0.1) is 18.0 Å². The molecule has 2 N–H and O–H groups in total. The Morgan fingerprint density at radius 1 is 1.39 bits per heavy atom. The van der Waals surface area contributed by atoms with Crippen LogP contribution in [0.2, 0.25) is 0 Å². The second-order valence-electron chi connectivity index (χ2n) is 4.76. The Bertz CT molecular complexity index is 422. The molecule has 1 aliphatic carbocycles. The van der Waals surface area contributed by atoms with E-state index in [-0.39, 0.29) is 5.69 Å². The summed E-state index contributed by atoms with van der Waals surface area (Å²) >= 11 is 0. The maximum absolute atomic E-state index is 13.3. The van der Waals surface area contributed by atoms with E-state index >= 15 is 0 Å². The van der Waals surface area contributed by atoms with Crippen molar-refractivity contribution in [2.45, 2.75) is 12.8 Å². The lowest BCUT2D eigenvalue weighted by Gasteiger charge is -2.21. The van der Waals surface area contributed by atoms with Gasteiger partial charge in [0.15, 0.2) is 5.82 Å². The van der Waals surface area contributed by atoms with Crippen molar-refractivity contribution in [3.05, 3.63) is 23.8 Å². The number of anilines is 2. The van der Waals surface area contributed by atoms with Gasteiger partial charge in [0.25, 0.3) is 0 Å². The lowest BCUT2D eigenvalue weighted by atomic mass is 10.2. The van der Waals surface area contributed by atoms with Gasteiger partial charge in [-0.15, -0.1) is 0 Å². The quantitative estimate of drug-likeness (QED) is 0.627. The summed E-state index contributed by atoms with van der Waals surface area (Å²) in [7, 11) is 1.74. The van der Waals surface area contributed by atoms with Crippen LogP contribution in [0.3, 0.4) is 0 Å². The predicted octanol–water partition coefficient (Wildman–Crippen LogP) is 2.41. The molecule has 0 unspecified atom stereocenters. The first-order valence-electron chi connectivity index (χ1n) is 6.11. The van der Waals surface area contributed by atoms with Gasteiger partial charge in [-0.2, -0.15) is 0 Å². The fraction of sp³-hybridized carbons (Fsp3) is 0.538. The molecule has 0 spiro atoms. The zero-order chi connectivity index (χ0) is 13.1. The summed E-state index contributed by atoms with van der Waals surface area (Å²) in [4.78, 5) is 1.70. The first-order chi connectivity index (χ1) is 8.58. The van der Waals surface area contributed by atoms with Gasteiger partial charge in [0.2, 0.25) is 0 Å². The molecular weight excluding hydrogens is 238 g/mol. The Labute approximate surface area is 106 Å². The van der Waals surface area contributed by atoms with Crippen molar-refractivity contribution in [1.82, 2.24) is 0 Å². The van der Waals surface area contributed by atoms with E-state index in [0.29, 0.717) is 24.8 Å². The number of nitrogen functional groups attached to an aromatic ring is 1. The minimum atomic E-state index is -0.726. The lowest BCUT2D eigenvalue weighted by Crippen LogP contribution is -2.24. The summed E-state index contributed by atoms with van der Waals surface area (Å²) in [5, 5.41) is 0. The van der Waals surface area contributed by atoms with Crippen LogP contribution in [0.1, 0.15) is 12.8 Å². The number of rotatable bonds is 6. The summed E-state index contributed by atoms with van der Waals surface area (Å²) < 4.78 is 31.9. The van der Waals surface area contributed by atoms with Gasteiger partial charge in [-0.1, -0.05) is 0 Å². The van der Waals surface area contributed by atoms with Crippen LogP contribution in [0.4, 0.5) is 20.2 Å². The fourth-order valence-corrected chi connectivity index (χ4v) is 1.74. The molecule has 0 atom stereocenters. The van der Waals surface area contributed by atoms with Gasteiger partial charge in [-0.05, 0) is 24.8 Å². The lowest BCUT2D eigenvalue weighted by molar-refractivity contribution is 0.131. The molecule has 1 aliphatic rings. The molecule has 1 fully saturated rings. The Morgan fingerprint density at radius 3 is 2.78 bits per heavy atom. The maximum Gasteiger partial charge on any atom is 0.151 e. The van der Waals surface area contributed by atoms with Crippen LogP contribution < -0.4 is 10.6 Å². The van der Waals surface area contributed by atoms with Gasteiger partial charge in [-0.3, -0.25) is 0 Å². The molecule has 5 heteroatoms. The highest BCUT2D eigenvalue weighted by Crippen LogP contribution is 2.29. The zero-order valence-electron chi connectivity index (χ0n) is 10.5. The van der Waals surface area contributed by atoms with E-state index in [0.717, 1.165) is 12.7 Å². The Hall–Kier alpha value is -1.36. The third kappa shape index (κ3) is 3.32. The molecule has 0 heterocycles. The summed E-state index contributed by atoms with van der Waals surface area (Å²) in [5.74, 6) is -0.634.